The van der Waals surface area contributed by atoms with Crippen LogP contribution < -0.4 is 14.2 Å². The van der Waals surface area contributed by atoms with Crippen molar-refractivity contribution in [3.05, 3.63) is 88.5 Å². The van der Waals surface area contributed by atoms with Crippen LogP contribution in [0.4, 0.5) is 0 Å². The van der Waals surface area contributed by atoms with E-state index in [1.54, 1.807) is 14.2 Å². The Labute approximate surface area is 182 Å². The Bertz CT molecular complexity index is 1170. The van der Waals surface area contributed by atoms with Crippen LogP contribution in [-0.2, 0) is 0 Å². The Kier molecular flexibility index (Phi) is 4.81. The first kappa shape index (κ1) is 19.5. The maximum Gasteiger partial charge on any atom is 0.214 e. The molecule has 2 aliphatic heterocycles. The average Bonchev–Trinajstić information content (AvgIpc) is 3.23. The molecule has 0 saturated heterocycles. The van der Waals surface area contributed by atoms with Crippen molar-refractivity contribution in [3.63, 3.8) is 0 Å². The fourth-order valence-corrected chi connectivity index (χ4v) is 4.56. The highest BCUT2D eigenvalue weighted by atomic mass is 16.5. The van der Waals surface area contributed by atoms with Gasteiger partial charge in [-0.05, 0) is 43.7 Å². The first-order valence-corrected chi connectivity index (χ1v) is 10.5. The predicted octanol–water partition coefficient (Wildman–Crippen LogP) is 5.56. The van der Waals surface area contributed by atoms with Gasteiger partial charge in [-0.1, -0.05) is 42.0 Å². The van der Waals surface area contributed by atoms with E-state index in [1.165, 1.54) is 22.3 Å². The third kappa shape index (κ3) is 3.30. The predicted molar refractivity (Wildman–Crippen MR) is 121 cm³/mol. The zero-order valence-electron chi connectivity index (χ0n) is 18.3. The number of benzene rings is 3. The van der Waals surface area contributed by atoms with E-state index in [9.17, 15) is 0 Å². The Morgan fingerprint density at radius 1 is 0.935 bits per heavy atom. The van der Waals surface area contributed by atoms with E-state index < -0.39 is 0 Å². The van der Waals surface area contributed by atoms with Crippen molar-refractivity contribution >= 4 is 5.71 Å². The molecule has 31 heavy (non-hydrogen) atoms. The van der Waals surface area contributed by atoms with E-state index in [1.807, 2.05) is 30.3 Å². The molecule has 0 spiro atoms. The second-order valence-electron chi connectivity index (χ2n) is 8.09. The van der Waals surface area contributed by atoms with Gasteiger partial charge in [0.2, 0.25) is 6.23 Å². The van der Waals surface area contributed by atoms with Crippen LogP contribution in [0.2, 0.25) is 0 Å². The van der Waals surface area contributed by atoms with Crippen molar-refractivity contribution in [2.24, 2.45) is 5.10 Å². The number of hydrogen-bond donors (Lipinski definition) is 0. The molecule has 158 valence electrons. The van der Waals surface area contributed by atoms with Gasteiger partial charge in [-0.3, -0.25) is 0 Å². The molecule has 3 aromatic carbocycles. The number of fused-ring (bicyclic) bond motifs is 3. The third-order valence-corrected chi connectivity index (χ3v) is 6.08. The van der Waals surface area contributed by atoms with Gasteiger partial charge in [0.15, 0.2) is 11.5 Å². The molecule has 3 aromatic rings. The molecule has 2 atom stereocenters. The van der Waals surface area contributed by atoms with Gasteiger partial charge in [-0.25, -0.2) is 5.01 Å². The van der Waals surface area contributed by atoms with Crippen LogP contribution in [0.25, 0.3) is 0 Å². The van der Waals surface area contributed by atoms with E-state index in [0.29, 0.717) is 11.5 Å². The molecule has 0 fully saturated rings. The summed E-state index contributed by atoms with van der Waals surface area (Å²) in [4.78, 5) is 0. The summed E-state index contributed by atoms with van der Waals surface area (Å²) in [7, 11) is 3.29. The fraction of sp³-hybridized carbons (Fsp3) is 0.269. The van der Waals surface area contributed by atoms with Crippen LogP contribution in [-0.4, -0.2) is 24.9 Å². The molecule has 0 aliphatic carbocycles. The van der Waals surface area contributed by atoms with Gasteiger partial charge in [0.05, 0.1) is 26.0 Å². The molecule has 0 saturated carbocycles. The monoisotopic (exact) mass is 414 g/mol. The van der Waals surface area contributed by atoms with E-state index >= 15 is 0 Å². The Morgan fingerprint density at radius 3 is 2.52 bits per heavy atom. The molecule has 5 rings (SSSR count). The highest BCUT2D eigenvalue weighted by Gasteiger charge is 2.41. The van der Waals surface area contributed by atoms with Crippen molar-refractivity contribution in [3.8, 4) is 17.2 Å². The molecule has 0 unspecified atom stereocenters. The summed E-state index contributed by atoms with van der Waals surface area (Å²) in [6, 6.07) is 20.8. The lowest BCUT2D eigenvalue weighted by atomic mass is 9.94. The standard InChI is InChI=1S/C26H26N2O3/c1-16-9-11-19(17(2)13-16)21-15-22-20-7-5-6-8-23(20)31-26(28(22)27-21)18-10-12-24(29-3)25(14-18)30-4/h5-14,22,26H,15H2,1-4H3/t22-,26-/m0/s1. The van der Waals surface area contributed by atoms with Gasteiger partial charge >= 0.3 is 0 Å². The van der Waals surface area contributed by atoms with E-state index in [-0.39, 0.29) is 12.3 Å². The van der Waals surface area contributed by atoms with Crippen LogP contribution in [0.15, 0.2) is 65.8 Å². The maximum atomic E-state index is 6.46. The van der Waals surface area contributed by atoms with Crippen LogP contribution >= 0.6 is 0 Å². The maximum absolute atomic E-state index is 6.46. The normalized spacial score (nSPS) is 19.2. The number of ether oxygens (including phenoxy) is 3. The van der Waals surface area contributed by atoms with Gasteiger partial charge in [-0.2, -0.15) is 5.10 Å². The van der Waals surface area contributed by atoms with E-state index in [2.05, 4.69) is 49.2 Å². The number of nitrogens with zero attached hydrogens (tertiary/aromatic N) is 2. The first-order chi connectivity index (χ1) is 15.1. The van der Waals surface area contributed by atoms with Crippen molar-refractivity contribution in [1.82, 2.24) is 5.01 Å². The molecular weight excluding hydrogens is 388 g/mol. The molecule has 2 heterocycles. The van der Waals surface area contributed by atoms with Gasteiger partial charge < -0.3 is 14.2 Å². The summed E-state index contributed by atoms with van der Waals surface area (Å²) in [5.74, 6) is 2.28. The molecule has 0 aromatic heterocycles. The third-order valence-electron chi connectivity index (χ3n) is 6.08. The smallest absolute Gasteiger partial charge is 0.214 e. The van der Waals surface area contributed by atoms with Gasteiger partial charge in [0, 0.05) is 23.1 Å². The quantitative estimate of drug-likeness (QED) is 0.560. The molecular formula is C26H26N2O3. The molecule has 0 N–H and O–H groups in total. The summed E-state index contributed by atoms with van der Waals surface area (Å²) in [5, 5.41) is 7.17. The highest BCUT2D eigenvalue weighted by molar-refractivity contribution is 6.03. The van der Waals surface area contributed by atoms with Gasteiger partial charge in [0.1, 0.15) is 5.75 Å². The topological polar surface area (TPSA) is 43.3 Å². The number of rotatable bonds is 4. The number of methoxy groups -OCH3 is 2. The van der Waals surface area contributed by atoms with Crippen LogP contribution in [0.3, 0.4) is 0 Å². The highest BCUT2D eigenvalue weighted by Crippen LogP contribution is 2.48. The largest absolute Gasteiger partial charge is 0.493 e. The summed E-state index contributed by atoms with van der Waals surface area (Å²) < 4.78 is 17.4. The zero-order valence-corrected chi connectivity index (χ0v) is 18.3. The minimum atomic E-state index is -0.344. The number of hydrazone groups is 1. The average molecular weight is 415 g/mol. The number of aryl methyl sites for hydroxylation is 2. The second kappa shape index (κ2) is 7.65. The SMILES string of the molecule is COc1ccc([C@@H]2Oc3ccccc3[C@@H]3CC(c4ccc(C)cc4C)=NN32)cc1OC. The summed E-state index contributed by atoms with van der Waals surface area (Å²) >= 11 is 0. The van der Waals surface area contributed by atoms with Crippen molar-refractivity contribution in [2.75, 3.05) is 14.2 Å². The van der Waals surface area contributed by atoms with Crippen molar-refractivity contribution in [2.45, 2.75) is 32.5 Å². The lowest BCUT2D eigenvalue weighted by molar-refractivity contribution is -0.0191. The van der Waals surface area contributed by atoms with Gasteiger partial charge in [-0.15, -0.1) is 0 Å². The Hall–Kier alpha value is -3.47. The lowest BCUT2D eigenvalue weighted by Crippen LogP contribution is -2.33. The summed E-state index contributed by atoms with van der Waals surface area (Å²) in [5.41, 5.74) is 6.94. The first-order valence-electron chi connectivity index (χ1n) is 10.5. The summed E-state index contributed by atoms with van der Waals surface area (Å²) in [6.45, 7) is 4.27. The number of hydrogen-bond acceptors (Lipinski definition) is 5. The van der Waals surface area contributed by atoms with Gasteiger partial charge in [0.25, 0.3) is 0 Å². The fourth-order valence-electron chi connectivity index (χ4n) is 4.56. The lowest BCUT2D eigenvalue weighted by Gasteiger charge is -2.38. The second-order valence-corrected chi connectivity index (χ2v) is 8.09. The molecule has 0 radical (unpaired) electrons. The van der Waals surface area contributed by atoms with Crippen LogP contribution in [0.5, 0.6) is 17.2 Å². The molecule has 0 bridgehead atoms. The zero-order chi connectivity index (χ0) is 21.5. The number of para-hydroxylation sites is 1. The molecule has 0 amide bonds. The van der Waals surface area contributed by atoms with E-state index in [0.717, 1.165) is 23.4 Å². The Morgan fingerprint density at radius 2 is 1.74 bits per heavy atom. The summed E-state index contributed by atoms with van der Waals surface area (Å²) in [6.07, 6.45) is 0.497. The van der Waals surface area contributed by atoms with Crippen molar-refractivity contribution in [1.29, 1.82) is 0 Å². The van der Waals surface area contributed by atoms with Crippen LogP contribution in [0.1, 0.15) is 46.5 Å². The molecule has 5 heteroatoms. The minimum Gasteiger partial charge on any atom is -0.493 e. The van der Waals surface area contributed by atoms with Crippen molar-refractivity contribution < 1.29 is 14.2 Å². The minimum absolute atomic E-state index is 0.124. The Balaban J connectivity index is 1.60. The molecule has 2 aliphatic rings. The molecule has 5 nitrogen and oxygen atoms in total. The van der Waals surface area contributed by atoms with E-state index in [4.69, 9.17) is 19.3 Å². The van der Waals surface area contributed by atoms with Crippen LogP contribution in [0, 0.1) is 13.8 Å².